The van der Waals surface area contributed by atoms with Crippen molar-refractivity contribution in [3.8, 4) is 0 Å². The molecule has 0 unspecified atom stereocenters. The predicted molar refractivity (Wildman–Crippen MR) is 100 cm³/mol. The molecule has 0 N–H and O–H groups in total. The number of ether oxygens (including phenoxy) is 1. The number of rotatable bonds is 5. The standard InChI is InChI=1S/C21H20N2O4/c24-20(18-11-16-6-1-2-8-19(16)27-21(18)25)23(14-17-7-4-10-26-17)13-15-5-3-9-22-12-15/h1-3,5-6,8-9,11-12,17H,4,7,10,13-14H2/t17-/m0/s1. The molecule has 0 aliphatic carbocycles. The highest BCUT2D eigenvalue weighted by molar-refractivity contribution is 5.96. The van der Waals surface area contributed by atoms with Crippen molar-refractivity contribution in [2.24, 2.45) is 0 Å². The van der Waals surface area contributed by atoms with Crippen LogP contribution in [0.1, 0.15) is 28.8 Å². The predicted octanol–water partition coefficient (Wildman–Crippen LogP) is 3.01. The zero-order chi connectivity index (χ0) is 18.6. The number of fused-ring (bicyclic) bond motifs is 1. The Balaban J connectivity index is 1.66. The lowest BCUT2D eigenvalue weighted by Crippen LogP contribution is -2.38. The number of amides is 1. The van der Waals surface area contributed by atoms with E-state index < -0.39 is 5.63 Å². The van der Waals surface area contributed by atoms with E-state index in [2.05, 4.69) is 4.98 Å². The van der Waals surface area contributed by atoms with Crippen LogP contribution in [-0.2, 0) is 11.3 Å². The fourth-order valence-electron chi connectivity index (χ4n) is 3.35. The minimum Gasteiger partial charge on any atom is -0.422 e. The van der Waals surface area contributed by atoms with Crippen LogP contribution >= 0.6 is 0 Å². The molecule has 0 saturated carbocycles. The summed E-state index contributed by atoms with van der Waals surface area (Å²) in [6, 6.07) is 12.5. The van der Waals surface area contributed by atoms with Crippen molar-refractivity contribution in [3.63, 3.8) is 0 Å². The van der Waals surface area contributed by atoms with Gasteiger partial charge in [0.05, 0.1) is 6.10 Å². The molecular weight excluding hydrogens is 344 g/mol. The van der Waals surface area contributed by atoms with E-state index in [0.29, 0.717) is 25.3 Å². The topological polar surface area (TPSA) is 72.6 Å². The molecule has 0 radical (unpaired) electrons. The second-order valence-corrected chi connectivity index (χ2v) is 6.67. The molecule has 4 rings (SSSR count). The van der Waals surface area contributed by atoms with Gasteiger partial charge in [-0.05, 0) is 36.6 Å². The van der Waals surface area contributed by atoms with Gasteiger partial charge in [0, 0.05) is 37.5 Å². The van der Waals surface area contributed by atoms with Gasteiger partial charge in [0.15, 0.2) is 0 Å². The molecule has 1 saturated heterocycles. The molecule has 0 bridgehead atoms. The van der Waals surface area contributed by atoms with Crippen molar-refractivity contribution in [2.45, 2.75) is 25.5 Å². The minimum atomic E-state index is -0.623. The zero-order valence-corrected chi connectivity index (χ0v) is 14.8. The number of carbonyl (C=O) groups excluding carboxylic acids is 1. The number of hydrogen-bond donors (Lipinski definition) is 0. The molecule has 1 atom stereocenters. The Morgan fingerprint density at radius 2 is 2.11 bits per heavy atom. The van der Waals surface area contributed by atoms with Gasteiger partial charge in [0.2, 0.25) is 0 Å². The Labute approximate surface area is 156 Å². The molecule has 3 aromatic rings. The van der Waals surface area contributed by atoms with Crippen molar-refractivity contribution in [1.29, 1.82) is 0 Å². The molecule has 1 aliphatic rings. The molecular formula is C21H20N2O4. The smallest absolute Gasteiger partial charge is 0.349 e. The van der Waals surface area contributed by atoms with Crippen molar-refractivity contribution in [3.05, 3.63) is 76.4 Å². The Morgan fingerprint density at radius 1 is 1.22 bits per heavy atom. The molecule has 1 fully saturated rings. The Morgan fingerprint density at radius 3 is 2.89 bits per heavy atom. The fraction of sp³-hybridized carbons (Fsp3) is 0.286. The van der Waals surface area contributed by atoms with Gasteiger partial charge in [-0.3, -0.25) is 9.78 Å². The monoisotopic (exact) mass is 364 g/mol. The lowest BCUT2D eigenvalue weighted by molar-refractivity contribution is 0.0504. The largest absolute Gasteiger partial charge is 0.422 e. The van der Waals surface area contributed by atoms with E-state index in [1.54, 1.807) is 35.5 Å². The SMILES string of the molecule is O=C(c1cc2ccccc2oc1=O)N(Cc1cccnc1)C[C@@H]1CCCO1. The minimum absolute atomic E-state index is 0.0156. The lowest BCUT2D eigenvalue weighted by Gasteiger charge is -2.25. The average Bonchev–Trinajstić information content (AvgIpc) is 3.20. The summed E-state index contributed by atoms with van der Waals surface area (Å²) >= 11 is 0. The molecule has 6 nitrogen and oxygen atoms in total. The van der Waals surface area contributed by atoms with E-state index in [1.807, 2.05) is 24.3 Å². The van der Waals surface area contributed by atoms with E-state index in [0.717, 1.165) is 23.8 Å². The summed E-state index contributed by atoms with van der Waals surface area (Å²) in [5, 5.41) is 0.721. The van der Waals surface area contributed by atoms with Gasteiger partial charge in [0.1, 0.15) is 11.1 Å². The Hall–Kier alpha value is -2.99. The summed E-state index contributed by atoms with van der Waals surface area (Å²) in [6.45, 7) is 1.50. The lowest BCUT2D eigenvalue weighted by atomic mass is 10.1. The summed E-state index contributed by atoms with van der Waals surface area (Å²) in [4.78, 5) is 31.4. The van der Waals surface area contributed by atoms with Gasteiger partial charge < -0.3 is 14.1 Å². The number of pyridine rings is 1. The molecule has 1 aromatic carbocycles. The van der Waals surface area contributed by atoms with Crippen molar-refractivity contribution in [2.75, 3.05) is 13.2 Å². The van der Waals surface area contributed by atoms with Gasteiger partial charge in [-0.1, -0.05) is 24.3 Å². The molecule has 6 heteroatoms. The Kier molecular flexibility index (Phi) is 4.98. The maximum absolute atomic E-state index is 13.2. The van der Waals surface area contributed by atoms with Gasteiger partial charge in [-0.25, -0.2) is 4.79 Å². The highest BCUT2D eigenvalue weighted by Crippen LogP contribution is 2.18. The normalized spacial score (nSPS) is 16.5. The van der Waals surface area contributed by atoms with Crippen LogP contribution in [0.4, 0.5) is 0 Å². The third-order valence-electron chi connectivity index (χ3n) is 4.70. The molecule has 138 valence electrons. The van der Waals surface area contributed by atoms with Crippen LogP contribution in [0.3, 0.4) is 0 Å². The second-order valence-electron chi connectivity index (χ2n) is 6.67. The van der Waals surface area contributed by atoms with Crippen LogP contribution in [0, 0.1) is 0 Å². The number of carbonyl (C=O) groups is 1. The first kappa shape index (κ1) is 17.4. The molecule has 0 spiro atoms. The van der Waals surface area contributed by atoms with Gasteiger partial charge >= 0.3 is 5.63 Å². The van der Waals surface area contributed by atoms with Crippen LogP contribution in [-0.4, -0.2) is 35.0 Å². The average molecular weight is 364 g/mol. The van der Waals surface area contributed by atoms with Crippen LogP contribution in [0.25, 0.3) is 11.0 Å². The van der Waals surface area contributed by atoms with Gasteiger partial charge in [-0.2, -0.15) is 0 Å². The van der Waals surface area contributed by atoms with Crippen LogP contribution in [0.5, 0.6) is 0 Å². The number of hydrogen-bond acceptors (Lipinski definition) is 5. The summed E-state index contributed by atoms with van der Waals surface area (Å²) in [7, 11) is 0. The summed E-state index contributed by atoms with van der Waals surface area (Å²) in [5.41, 5.74) is 0.781. The molecule has 27 heavy (non-hydrogen) atoms. The second kappa shape index (κ2) is 7.72. The van der Waals surface area contributed by atoms with Crippen LogP contribution < -0.4 is 5.63 Å². The van der Waals surface area contributed by atoms with E-state index in [-0.39, 0.29) is 17.6 Å². The molecule has 1 amide bonds. The van der Waals surface area contributed by atoms with Gasteiger partial charge in [-0.15, -0.1) is 0 Å². The van der Waals surface area contributed by atoms with Crippen molar-refractivity contribution in [1.82, 2.24) is 9.88 Å². The van der Waals surface area contributed by atoms with E-state index in [9.17, 15) is 9.59 Å². The first-order chi connectivity index (χ1) is 13.2. The van der Waals surface area contributed by atoms with E-state index in [4.69, 9.17) is 9.15 Å². The third-order valence-corrected chi connectivity index (χ3v) is 4.70. The maximum atomic E-state index is 13.2. The van der Waals surface area contributed by atoms with E-state index >= 15 is 0 Å². The zero-order valence-electron chi connectivity index (χ0n) is 14.8. The first-order valence-corrected chi connectivity index (χ1v) is 9.03. The number of aromatic nitrogens is 1. The molecule has 3 heterocycles. The third kappa shape index (κ3) is 3.90. The molecule has 2 aromatic heterocycles. The summed E-state index contributed by atoms with van der Waals surface area (Å²) in [5.74, 6) is -0.353. The van der Waals surface area contributed by atoms with Crippen molar-refractivity contribution < 1.29 is 13.9 Å². The first-order valence-electron chi connectivity index (χ1n) is 9.03. The van der Waals surface area contributed by atoms with E-state index in [1.165, 1.54) is 0 Å². The van der Waals surface area contributed by atoms with Crippen LogP contribution in [0.2, 0.25) is 0 Å². The number of nitrogens with zero attached hydrogens (tertiary/aromatic N) is 2. The highest BCUT2D eigenvalue weighted by Gasteiger charge is 2.26. The molecule has 1 aliphatic heterocycles. The van der Waals surface area contributed by atoms with Gasteiger partial charge in [0.25, 0.3) is 5.91 Å². The number of benzene rings is 1. The van der Waals surface area contributed by atoms with Crippen LogP contribution in [0.15, 0.2) is 64.1 Å². The Bertz CT molecular complexity index is 994. The number of para-hydroxylation sites is 1. The fourth-order valence-corrected chi connectivity index (χ4v) is 3.35. The van der Waals surface area contributed by atoms with Crippen molar-refractivity contribution >= 4 is 16.9 Å². The summed E-state index contributed by atoms with van der Waals surface area (Å²) in [6.07, 6.45) is 5.28. The quantitative estimate of drug-likeness (QED) is 0.651. The summed E-state index contributed by atoms with van der Waals surface area (Å²) < 4.78 is 11.0. The maximum Gasteiger partial charge on any atom is 0.349 e. The highest BCUT2D eigenvalue weighted by atomic mass is 16.5.